The Balaban J connectivity index is 1.20. The third kappa shape index (κ3) is 4.27. The number of aromatic nitrogens is 1. The van der Waals surface area contributed by atoms with Crippen LogP contribution in [0.15, 0.2) is 176 Å². The summed E-state index contributed by atoms with van der Waals surface area (Å²) < 4.78 is 2.51. The van der Waals surface area contributed by atoms with Crippen molar-refractivity contribution in [2.45, 2.75) is 19.3 Å². The molecule has 1 nitrogen and oxygen atoms in total. The number of fused-ring (bicyclic) bond motifs is 9. The van der Waals surface area contributed by atoms with Crippen LogP contribution in [0.2, 0.25) is 0 Å². The van der Waals surface area contributed by atoms with E-state index in [0.29, 0.717) is 0 Å². The van der Waals surface area contributed by atoms with Gasteiger partial charge in [0.25, 0.3) is 0 Å². The summed E-state index contributed by atoms with van der Waals surface area (Å²) in [6, 6.07) is 64.7. The van der Waals surface area contributed by atoms with Crippen molar-refractivity contribution in [1.82, 2.24) is 4.57 Å². The van der Waals surface area contributed by atoms with Crippen molar-refractivity contribution in [3.8, 4) is 50.2 Å². The maximum Gasteiger partial charge on any atom is 0.0622 e. The molecule has 1 heteroatoms. The van der Waals surface area contributed by atoms with Crippen LogP contribution in [0.1, 0.15) is 25.0 Å². The van der Waals surface area contributed by atoms with Crippen molar-refractivity contribution in [1.29, 1.82) is 0 Å². The Bertz CT molecular complexity index is 2690. The fourth-order valence-electron chi connectivity index (χ4n) is 8.50. The molecular weight excluding hydrogens is 603 g/mol. The van der Waals surface area contributed by atoms with Gasteiger partial charge >= 0.3 is 0 Å². The molecule has 9 aromatic rings. The van der Waals surface area contributed by atoms with Crippen molar-refractivity contribution in [3.05, 3.63) is 187 Å². The summed E-state index contributed by atoms with van der Waals surface area (Å²) in [6.07, 6.45) is 0. The van der Waals surface area contributed by atoms with Gasteiger partial charge in [0.1, 0.15) is 0 Å². The lowest BCUT2D eigenvalue weighted by atomic mass is 9.82. The second-order valence-electron chi connectivity index (χ2n) is 14.1. The second-order valence-corrected chi connectivity index (χ2v) is 14.1. The summed E-state index contributed by atoms with van der Waals surface area (Å²) in [5.74, 6) is 0. The van der Waals surface area contributed by atoms with Crippen LogP contribution >= 0.6 is 0 Å². The van der Waals surface area contributed by atoms with Gasteiger partial charge in [0.2, 0.25) is 0 Å². The lowest BCUT2D eigenvalue weighted by Crippen LogP contribution is -2.14. The minimum Gasteiger partial charge on any atom is -0.309 e. The highest BCUT2D eigenvalue weighted by atomic mass is 15.0. The Labute approximate surface area is 292 Å². The average Bonchev–Trinajstić information content (AvgIpc) is 3.64. The fraction of sp³-hybridized carbons (Fsp3) is 0.0612. The zero-order chi connectivity index (χ0) is 33.4. The summed E-state index contributed by atoms with van der Waals surface area (Å²) in [4.78, 5) is 0. The van der Waals surface area contributed by atoms with Gasteiger partial charge in [-0.1, -0.05) is 153 Å². The highest BCUT2D eigenvalue weighted by molar-refractivity contribution is 6.18. The van der Waals surface area contributed by atoms with Crippen LogP contribution in [0.25, 0.3) is 82.8 Å². The number of benzene rings is 8. The van der Waals surface area contributed by atoms with Crippen LogP contribution in [0.3, 0.4) is 0 Å². The molecule has 0 N–H and O–H groups in total. The van der Waals surface area contributed by atoms with Crippen LogP contribution in [-0.4, -0.2) is 4.57 Å². The molecule has 10 rings (SSSR count). The quantitative estimate of drug-likeness (QED) is 0.181. The highest BCUT2D eigenvalue weighted by Gasteiger charge is 2.38. The van der Waals surface area contributed by atoms with Gasteiger partial charge in [-0.15, -0.1) is 0 Å². The van der Waals surface area contributed by atoms with Gasteiger partial charge in [-0.05, 0) is 97.2 Å². The van der Waals surface area contributed by atoms with E-state index in [4.69, 9.17) is 0 Å². The van der Waals surface area contributed by atoms with Crippen LogP contribution in [0, 0.1) is 0 Å². The summed E-state index contributed by atoms with van der Waals surface area (Å²) in [7, 11) is 0. The summed E-state index contributed by atoms with van der Waals surface area (Å²) in [5.41, 5.74) is 16.4. The molecule has 0 radical (unpaired) electrons. The van der Waals surface area contributed by atoms with Crippen LogP contribution in [0.5, 0.6) is 0 Å². The molecule has 0 unspecified atom stereocenters. The Hall–Kier alpha value is -6.18. The minimum atomic E-state index is -0.103. The number of hydrogen-bond donors (Lipinski definition) is 0. The normalized spacial score (nSPS) is 13.2. The highest BCUT2D eigenvalue weighted by Crippen LogP contribution is 2.55. The molecule has 236 valence electrons. The van der Waals surface area contributed by atoms with Gasteiger partial charge in [-0.2, -0.15) is 0 Å². The summed E-state index contributed by atoms with van der Waals surface area (Å²) in [6.45, 7) is 4.76. The van der Waals surface area contributed by atoms with Gasteiger partial charge in [0, 0.05) is 27.4 Å². The summed E-state index contributed by atoms with van der Waals surface area (Å²) >= 11 is 0. The average molecular weight is 638 g/mol. The SMILES string of the molecule is CC1(C)c2ccc3ccccc3c2-c2c1ccc1c3ccccc3n(-c3ccc(-c4cc(-c5ccccc5)cc(-c5ccccc5)c4)cc3)c21. The van der Waals surface area contributed by atoms with Gasteiger partial charge in [-0.3, -0.25) is 0 Å². The molecule has 8 aromatic carbocycles. The van der Waals surface area contributed by atoms with E-state index in [2.05, 4.69) is 194 Å². The molecular formula is C49H35N. The van der Waals surface area contributed by atoms with Crippen LogP contribution in [0.4, 0.5) is 0 Å². The molecule has 0 fully saturated rings. The third-order valence-corrected chi connectivity index (χ3v) is 11.0. The molecule has 0 bridgehead atoms. The van der Waals surface area contributed by atoms with Crippen molar-refractivity contribution in [3.63, 3.8) is 0 Å². The van der Waals surface area contributed by atoms with E-state index >= 15 is 0 Å². The third-order valence-electron chi connectivity index (χ3n) is 11.0. The first-order valence-electron chi connectivity index (χ1n) is 17.5. The Morgan fingerprint density at radius 2 is 0.900 bits per heavy atom. The second kappa shape index (κ2) is 10.9. The van der Waals surface area contributed by atoms with Crippen molar-refractivity contribution in [2.24, 2.45) is 0 Å². The molecule has 0 spiro atoms. The van der Waals surface area contributed by atoms with E-state index in [0.717, 1.165) is 0 Å². The zero-order valence-electron chi connectivity index (χ0n) is 28.2. The predicted molar refractivity (Wildman–Crippen MR) is 212 cm³/mol. The Morgan fingerprint density at radius 1 is 0.380 bits per heavy atom. The standard InChI is InChI=1S/C49H35N/c1-49(2)43-27-23-35-17-9-10-18-40(35)46(43)47-44(49)28-26-42-41-19-11-12-20-45(41)50(48(42)47)39-24-21-34(22-25-39)38-30-36(32-13-5-3-6-14-32)29-37(31-38)33-15-7-4-8-16-33/h3-31H,1-2H3. The van der Waals surface area contributed by atoms with E-state index in [1.165, 1.54) is 93.9 Å². The van der Waals surface area contributed by atoms with Crippen molar-refractivity contribution < 1.29 is 0 Å². The molecule has 0 amide bonds. The summed E-state index contributed by atoms with van der Waals surface area (Å²) in [5, 5.41) is 5.18. The number of nitrogens with zero attached hydrogens (tertiary/aromatic N) is 1. The Morgan fingerprint density at radius 3 is 1.56 bits per heavy atom. The van der Waals surface area contributed by atoms with Gasteiger partial charge in [0.05, 0.1) is 11.0 Å². The molecule has 0 saturated heterocycles. The molecule has 0 aliphatic heterocycles. The molecule has 1 heterocycles. The number of hydrogen-bond acceptors (Lipinski definition) is 0. The van der Waals surface area contributed by atoms with E-state index in [-0.39, 0.29) is 5.41 Å². The fourth-order valence-corrected chi connectivity index (χ4v) is 8.50. The first-order valence-corrected chi connectivity index (χ1v) is 17.5. The first kappa shape index (κ1) is 28.8. The largest absolute Gasteiger partial charge is 0.309 e. The molecule has 1 aliphatic carbocycles. The Kier molecular flexibility index (Phi) is 6.29. The smallest absolute Gasteiger partial charge is 0.0622 e. The van der Waals surface area contributed by atoms with E-state index in [1.807, 2.05) is 0 Å². The van der Waals surface area contributed by atoms with Gasteiger partial charge in [-0.25, -0.2) is 0 Å². The van der Waals surface area contributed by atoms with E-state index in [1.54, 1.807) is 0 Å². The monoisotopic (exact) mass is 637 g/mol. The predicted octanol–water partition coefficient (Wildman–Crippen LogP) is 13.2. The van der Waals surface area contributed by atoms with E-state index in [9.17, 15) is 0 Å². The molecule has 1 aliphatic rings. The topological polar surface area (TPSA) is 4.93 Å². The van der Waals surface area contributed by atoms with Gasteiger partial charge in [0.15, 0.2) is 0 Å². The number of para-hydroxylation sites is 1. The van der Waals surface area contributed by atoms with Crippen molar-refractivity contribution >= 4 is 32.6 Å². The lowest BCUT2D eigenvalue weighted by Gasteiger charge is -2.21. The maximum absolute atomic E-state index is 2.51. The van der Waals surface area contributed by atoms with Crippen LogP contribution < -0.4 is 0 Å². The zero-order valence-corrected chi connectivity index (χ0v) is 28.2. The van der Waals surface area contributed by atoms with Gasteiger partial charge < -0.3 is 4.57 Å². The minimum absolute atomic E-state index is 0.103. The van der Waals surface area contributed by atoms with E-state index < -0.39 is 0 Å². The molecule has 0 atom stereocenters. The lowest BCUT2D eigenvalue weighted by molar-refractivity contribution is 0.661. The van der Waals surface area contributed by atoms with Crippen LogP contribution in [-0.2, 0) is 5.41 Å². The molecule has 50 heavy (non-hydrogen) atoms. The molecule has 1 aromatic heterocycles. The first-order chi connectivity index (χ1) is 24.6. The number of rotatable bonds is 4. The maximum atomic E-state index is 2.51. The van der Waals surface area contributed by atoms with Crippen molar-refractivity contribution in [2.75, 3.05) is 0 Å². The molecule has 0 saturated carbocycles.